The Labute approximate surface area is 292 Å². The van der Waals surface area contributed by atoms with Crippen LogP contribution in [-0.4, -0.2) is 83.7 Å². The lowest BCUT2D eigenvalue weighted by Crippen LogP contribution is -2.59. The summed E-state index contributed by atoms with van der Waals surface area (Å²) in [7, 11) is 1.63. The zero-order valence-corrected chi connectivity index (χ0v) is 28.5. The number of halogens is 1. The van der Waals surface area contributed by atoms with E-state index in [2.05, 4.69) is 37.1 Å². The lowest BCUT2D eigenvalue weighted by atomic mass is 10.0. The minimum Gasteiger partial charge on any atom is -0.392 e. The minimum absolute atomic E-state index is 0. The van der Waals surface area contributed by atoms with Gasteiger partial charge in [0.05, 0.1) is 43.3 Å². The number of pyridine rings is 3. The van der Waals surface area contributed by atoms with Crippen molar-refractivity contribution in [2.75, 3.05) is 43.1 Å². The Bertz CT molecular complexity index is 2340. The molecule has 6 aromatic rings. The van der Waals surface area contributed by atoms with Gasteiger partial charge in [-0.2, -0.15) is 23.3 Å². The van der Waals surface area contributed by atoms with Gasteiger partial charge in [-0.3, -0.25) is 18.9 Å². The zero-order chi connectivity index (χ0) is 33.8. The van der Waals surface area contributed by atoms with E-state index in [1.807, 2.05) is 18.3 Å². The second-order valence-corrected chi connectivity index (χ2v) is 12.5. The number of aryl methyl sites for hydroxylation is 1. The van der Waals surface area contributed by atoms with Crippen LogP contribution >= 0.6 is 13.5 Å². The molecule has 50 heavy (non-hydrogen) atoms. The smallest absolute Gasteiger partial charge is 0.300 e. The van der Waals surface area contributed by atoms with Gasteiger partial charge >= 0.3 is 0 Å². The van der Waals surface area contributed by atoms with Gasteiger partial charge in [-0.25, -0.2) is 14.4 Å². The molecular formula is C35H36FN9O4S. The van der Waals surface area contributed by atoms with E-state index in [0.717, 1.165) is 43.2 Å². The van der Waals surface area contributed by atoms with E-state index in [4.69, 9.17) is 4.74 Å². The Kier molecular flexibility index (Phi) is 8.90. The summed E-state index contributed by atoms with van der Waals surface area (Å²) >= 11 is 0. The van der Waals surface area contributed by atoms with Crippen LogP contribution in [0.2, 0.25) is 0 Å². The molecule has 0 unspecified atom stereocenters. The SMILES string of the molecule is C[C@H]1CN(C2COC2)CCN1c1ccc(Nc2cc(-c3ccnc(-n4ncn5c(c(F)c6ccccc65)c4=O)c3CO)cn(C)c2=O)nc1.S. The summed E-state index contributed by atoms with van der Waals surface area (Å²) in [6.45, 7) is 6.14. The van der Waals surface area contributed by atoms with Crippen molar-refractivity contribution in [3.63, 3.8) is 0 Å². The van der Waals surface area contributed by atoms with Gasteiger partial charge < -0.3 is 24.6 Å². The van der Waals surface area contributed by atoms with Crippen LogP contribution in [0, 0.1) is 5.82 Å². The number of aromatic nitrogens is 6. The molecule has 0 saturated carbocycles. The number of nitrogens with zero attached hydrogens (tertiary/aromatic N) is 8. The summed E-state index contributed by atoms with van der Waals surface area (Å²) < 4.78 is 24.6. The lowest BCUT2D eigenvalue weighted by Gasteiger charge is -2.46. The summed E-state index contributed by atoms with van der Waals surface area (Å²) in [6.07, 6.45) is 6.28. The maximum atomic E-state index is 15.4. The number of para-hydroxylation sites is 1. The Morgan fingerprint density at radius 1 is 1.06 bits per heavy atom. The highest BCUT2D eigenvalue weighted by molar-refractivity contribution is 7.59. The van der Waals surface area contributed by atoms with Crippen molar-refractivity contribution in [2.24, 2.45) is 7.05 Å². The number of nitrogens with one attached hydrogen (secondary N) is 1. The highest BCUT2D eigenvalue weighted by Crippen LogP contribution is 2.30. The summed E-state index contributed by atoms with van der Waals surface area (Å²) in [4.78, 5) is 40.7. The monoisotopic (exact) mass is 697 g/mol. The van der Waals surface area contributed by atoms with Crippen LogP contribution in [-0.2, 0) is 18.4 Å². The van der Waals surface area contributed by atoms with Gasteiger partial charge in [0.25, 0.3) is 11.1 Å². The Morgan fingerprint density at radius 3 is 2.60 bits per heavy atom. The fourth-order valence-corrected chi connectivity index (χ4v) is 6.89. The number of aliphatic hydroxyl groups excluding tert-OH is 1. The van der Waals surface area contributed by atoms with E-state index in [1.165, 1.54) is 21.5 Å². The number of benzene rings is 1. The number of hydrogen-bond donors (Lipinski definition) is 2. The van der Waals surface area contributed by atoms with Crippen LogP contribution in [0.25, 0.3) is 33.4 Å². The number of piperazine rings is 1. The molecule has 2 fully saturated rings. The molecule has 258 valence electrons. The molecule has 7 heterocycles. The van der Waals surface area contributed by atoms with Gasteiger partial charge in [0.15, 0.2) is 17.2 Å². The Balaban J connectivity index is 0.00000392. The number of fused-ring (bicyclic) bond motifs is 3. The second-order valence-electron chi connectivity index (χ2n) is 12.5. The lowest BCUT2D eigenvalue weighted by molar-refractivity contribution is -0.0691. The van der Waals surface area contributed by atoms with Gasteiger partial charge in [-0.1, -0.05) is 12.1 Å². The third-order valence-corrected chi connectivity index (χ3v) is 9.55. The van der Waals surface area contributed by atoms with Crippen molar-refractivity contribution < 1.29 is 14.2 Å². The van der Waals surface area contributed by atoms with Crippen molar-refractivity contribution in [1.29, 1.82) is 0 Å². The second kappa shape index (κ2) is 13.3. The van der Waals surface area contributed by atoms with E-state index in [-0.39, 0.29) is 41.6 Å². The molecule has 8 rings (SSSR count). The molecule has 0 spiro atoms. The summed E-state index contributed by atoms with van der Waals surface area (Å²) in [6, 6.07) is 14.8. The number of aliphatic hydroxyl groups is 1. The number of ether oxygens (including phenoxy) is 1. The molecule has 15 heteroatoms. The van der Waals surface area contributed by atoms with E-state index in [9.17, 15) is 14.7 Å². The van der Waals surface area contributed by atoms with Gasteiger partial charge in [-0.15, -0.1) is 0 Å². The molecule has 1 aromatic carbocycles. The van der Waals surface area contributed by atoms with E-state index in [1.54, 1.807) is 49.6 Å². The van der Waals surface area contributed by atoms with Crippen LogP contribution in [0.15, 0.2) is 83.0 Å². The predicted octanol–water partition coefficient (Wildman–Crippen LogP) is 3.19. The molecule has 2 saturated heterocycles. The fraction of sp³-hybridized carbons (Fsp3) is 0.286. The van der Waals surface area contributed by atoms with Crippen molar-refractivity contribution >= 4 is 47.1 Å². The van der Waals surface area contributed by atoms with Crippen LogP contribution in [0.4, 0.5) is 21.6 Å². The standard InChI is InChI=1S/C35H34FN9O4.H2S/c1-21-15-42(24-18-49-19-24)11-12-43(21)23-7-8-30(38-14-23)40-28-13-22(16-41(2)34(28)47)25-9-10-37-33(27(25)17-46)45-35(48)32-31(36)26-5-3-4-6-29(26)44(32)20-39-45;/h3-10,13-14,16,20-21,24,46H,11-12,15,17-19H2,1-2H3,(H,38,40);1H2/t21-;/m0./s1. The van der Waals surface area contributed by atoms with Gasteiger partial charge in [0.2, 0.25) is 0 Å². The summed E-state index contributed by atoms with van der Waals surface area (Å²) in [5, 5.41) is 18.3. The molecule has 0 aliphatic carbocycles. The molecular weight excluding hydrogens is 662 g/mol. The molecule has 5 aromatic heterocycles. The van der Waals surface area contributed by atoms with Crippen molar-refractivity contribution in [1.82, 2.24) is 33.6 Å². The highest BCUT2D eigenvalue weighted by atomic mass is 32.1. The Hall–Kier alpha value is -5.09. The highest BCUT2D eigenvalue weighted by Gasteiger charge is 2.32. The van der Waals surface area contributed by atoms with Crippen molar-refractivity contribution in [2.45, 2.75) is 25.6 Å². The first-order valence-electron chi connectivity index (χ1n) is 16.1. The topological polar surface area (TPSA) is 135 Å². The normalized spacial score (nSPS) is 16.8. The largest absolute Gasteiger partial charge is 0.392 e. The van der Waals surface area contributed by atoms with Gasteiger partial charge in [-0.05, 0) is 48.9 Å². The minimum atomic E-state index is -0.725. The molecule has 1 atom stereocenters. The van der Waals surface area contributed by atoms with Crippen LogP contribution < -0.4 is 21.3 Å². The number of rotatable bonds is 7. The first-order chi connectivity index (χ1) is 23.8. The van der Waals surface area contributed by atoms with Crippen LogP contribution in [0.3, 0.4) is 0 Å². The number of hydrogen-bond acceptors (Lipinski definition) is 10. The summed E-state index contributed by atoms with van der Waals surface area (Å²) in [5.41, 5.74) is 1.98. The number of anilines is 3. The van der Waals surface area contributed by atoms with E-state index in [0.29, 0.717) is 39.9 Å². The van der Waals surface area contributed by atoms with E-state index >= 15 is 4.39 Å². The fourth-order valence-electron chi connectivity index (χ4n) is 6.89. The first kappa shape index (κ1) is 33.4. The molecule has 2 aliphatic rings. The third kappa shape index (κ3) is 5.61. The average molecular weight is 698 g/mol. The van der Waals surface area contributed by atoms with Gasteiger partial charge in [0.1, 0.15) is 17.8 Å². The van der Waals surface area contributed by atoms with E-state index < -0.39 is 18.0 Å². The molecule has 2 N–H and O–H groups in total. The molecule has 0 bridgehead atoms. The van der Waals surface area contributed by atoms with Crippen molar-refractivity contribution in [3.05, 3.63) is 106 Å². The predicted molar refractivity (Wildman–Crippen MR) is 194 cm³/mol. The molecule has 0 amide bonds. The first-order valence-corrected chi connectivity index (χ1v) is 16.1. The van der Waals surface area contributed by atoms with Crippen LogP contribution in [0.1, 0.15) is 12.5 Å². The average Bonchev–Trinajstić information content (AvgIpc) is 3.38. The third-order valence-electron chi connectivity index (χ3n) is 9.55. The Morgan fingerprint density at radius 2 is 1.88 bits per heavy atom. The molecule has 2 aliphatic heterocycles. The summed E-state index contributed by atoms with van der Waals surface area (Å²) in [5.74, 6) is -0.112. The zero-order valence-electron chi connectivity index (χ0n) is 27.5. The maximum absolute atomic E-state index is 15.4. The van der Waals surface area contributed by atoms with Crippen LogP contribution in [0.5, 0.6) is 0 Å². The quantitative estimate of drug-likeness (QED) is 0.256. The maximum Gasteiger partial charge on any atom is 0.300 e. The van der Waals surface area contributed by atoms with Gasteiger partial charge in [0, 0.05) is 61.6 Å². The molecule has 13 nitrogen and oxygen atoms in total. The van der Waals surface area contributed by atoms with Crippen molar-refractivity contribution in [3.8, 4) is 16.9 Å². The molecule has 0 radical (unpaired) electrons.